The van der Waals surface area contributed by atoms with E-state index in [0.29, 0.717) is 12.4 Å². The first kappa shape index (κ1) is 16.9. The third-order valence-corrected chi connectivity index (χ3v) is 3.21. The number of anilines is 1. The second kappa shape index (κ2) is 7.01. The van der Waals surface area contributed by atoms with Crippen molar-refractivity contribution in [3.05, 3.63) is 27.9 Å². The zero-order valence-electron chi connectivity index (χ0n) is 12.9. The van der Waals surface area contributed by atoms with Crippen molar-refractivity contribution in [1.29, 1.82) is 0 Å². The Hall–Kier alpha value is -2.18. The summed E-state index contributed by atoms with van der Waals surface area (Å²) in [6.45, 7) is 8.38. The zero-order valence-corrected chi connectivity index (χ0v) is 12.9. The number of nitrogens with one attached hydrogen (secondary N) is 2. The van der Waals surface area contributed by atoms with Crippen LogP contribution >= 0.6 is 0 Å². The van der Waals surface area contributed by atoms with Crippen LogP contribution in [-0.2, 0) is 0 Å². The molecule has 0 atom stereocenters. The summed E-state index contributed by atoms with van der Waals surface area (Å²) >= 11 is 0. The van der Waals surface area contributed by atoms with Gasteiger partial charge in [0, 0.05) is 18.2 Å². The van der Waals surface area contributed by atoms with Gasteiger partial charge in [0.25, 0.3) is 11.6 Å². The fourth-order valence-electron chi connectivity index (χ4n) is 1.57. The molecule has 0 aliphatic heterocycles. The number of carbonyl (C=O) groups excluding carboxylic acids is 1. The molecule has 7 nitrogen and oxygen atoms in total. The highest BCUT2D eigenvalue weighted by atomic mass is 16.6. The van der Waals surface area contributed by atoms with Crippen LogP contribution in [0.2, 0.25) is 0 Å². The van der Waals surface area contributed by atoms with Gasteiger partial charge in [-0.2, -0.15) is 0 Å². The predicted octanol–water partition coefficient (Wildman–Crippen LogP) is 2.73. The molecule has 0 saturated carbocycles. The third-order valence-electron chi connectivity index (χ3n) is 3.21. The van der Waals surface area contributed by atoms with Crippen molar-refractivity contribution in [1.82, 2.24) is 10.3 Å². The molecule has 0 aromatic carbocycles. The van der Waals surface area contributed by atoms with E-state index in [1.54, 1.807) is 0 Å². The number of hydrogen-bond donors (Lipinski definition) is 2. The molecule has 0 bridgehead atoms. The van der Waals surface area contributed by atoms with Gasteiger partial charge >= 0.3 is 0 Å². The lowest BCUT2D eigenvalue weighted by molar-refractivity contribution is -0.385. The van der Waals surface area contributed by atoms with Gasteiger partial charge in [-0.1, -0.05) is 13.8 Å². The Kier molecular flexibility index (Phi) is 5.63. The van der Waals surface area contributed by atoms with Gasteiger partial charge in [0.05, 0.1) is 10.5 Å². The minimum atomic E-state index is -0.557. The van der Waals surface area contributed by atoms with Gasteiger partial charge in [0.2, 0.25) is 0 Å². The van der Waals surface area contributed by atoms with E-state index < -0.39 is 4.92 Å². The van der Waals surface area contributed by atoms with Crippen LogP contribution in [0.4, 0.5) is 11.5 Å². The second-order valence-electron chi connectivity index (χ2n) is 5.47. The smallest absolute Gasteiger partial charge is 0.288 e. The molecule has 0 unspecified atom stereocenters. The summed E-state index contributed by atoms with van der Waals surface area (Å²) in [5.74, 6) is 0.00325. The molecule has 2 N–H and O–H groups in total. The molecule has 1 heterocycles. The number of hydrogen-bond acceptors (Lipinski definition) is 5. The van der Waals surface area contributed by atoms with Crippen LogP contribution < -0.4 is 10.6 Å². The van der Waals surface area contributed by atoms with Gasteiger partial charge in [-0.3, -0.25) is 14.9 Å². The van der Waals surface area contributed by atoms with Crippen molar-refractivity contribution in [2.75, 3.05) is 11.9 Å². The van der Waals surface area contributed by atoms with Crippen molar-refractivity contribution < 1.29 is 9.72 Å². The van der Waals surface area contributed by atoms with Crippen LogP contribution in [-0.4, -0.2) is 27.9 Å². The summed E-state index contributed by atoms with van der Waals surface area (Å²) in [5.41, 5.74) is -0.389. The van der Waals surface area contributed by atoms with E-state index in [4.69, 9.17) is 0 Å². The second-order valence-corrected chi connectivity index (χ2v) is 5.47. The summed E-state index contributed by atoms with van der Waals surface area (Å²) in [6, 6.07) is 1.26. The molecule has 0 radical (unpaired) electrons. The number of nitro groups is 1. The third kappa shape index (κ3) is 4.70. The molecular formula is C14H22N4O3. The summed E-state index contributed by atoms with van der Waals surface area (Å²) in [6.07, 6.45) is 2.76. The molecule has 116 valence electrons. The normalized spacial score (nSPS) is 11.0. The first-order chi connectivity index (χ1) is 9.80. The molecule has 0 fully saturated rings. The number of pyridine rings is 1. The topological polar surface area (TPSA) is 97.2 Å². The van der Waals surface area contributed by atoms with Crippen LogP contribution in [0, 0.1) is 10.1 Å². The maximum Gasteiger partial charge on any atom is 0.288 e. The number of nitrogens with zero attached hydrogens (tertiary/aromatic N) is 2. The first-order valence-electron chi connectivity index (χ1n) is 7.01. The predicted molar refractivity (Wildman–Crippen MR) is 81.5 cm³/mol. The zero-order chi connectivity index (χ0) is 16.0. The Morgan fingerprint density at radius 2 is 2.10 bits per heavy atom. The van der Waals surface area contributed by atoms with Gasteiger partial charge < -0.3 is 10.6 Å². The van der Waals surface area contributed by atoms with Crippen molar-refractivity contribution in [2.24, 2.45) is 0 Å². The molecule has 0 aliphatic carbocycles. The van der Waals surface area contributed by atoms with Crippen molar-refractivity contribution in [2.45, 2.75) is 46.1 Å². The highest BCUT2D eigenvalue weighted by Gasteiger charge is 2.23. The van der Waals surface area contributed by atoms with Crippen molar-refractivity contribution in [3.63, 3.8) is 0 Å². The molecule has 0 aliphatic rings. The molecule has 7 heteroatoms. The molecule has 1 aromatic heterocycles. The standard InChI is InChI=1S/C14H22N4O3/c1-5-7-15-12-11(8-10(9-16-12)18(20)21)13(19)17-14(3,4)6-2/h8-9H,5-7H2,1-4H3,(H,15,16)(H,17,19). The van der Waals surface area contributed by atoms with E-state index in [2.05, 4.69) is 15.6 Å². The Labute approximate surface area is 124 Å². The monoisotopic (exact) mass is 294 g/mol. The fraction of sp³-hybridized carbons (Fsp3) is 0.571. The molecule has 0 saturated heterocycles. The van der Waals surface area contributed by atoms with E-state index in [0.717, 1.165) is 19.0 Å². The Bertz CT molecular complexity index is 529. The van der Waals surface area contributed by atoms with Gasteiger partial charge in [0.1, 0.15) is 12.0 Å². The van der Waals surface area contributed by atoms with E-state index in [-0.39, 0.29) is 22.7 Å². The Balaban J connectivity index is 3.12. The van der Waals surface area contributed by atoms with Crippen molar-refractivity contribution in [3.8, 4) is 0 Å². The largest absolute Gasteiger partial charge is 0.369 e. The number of aromatic nitrogens is 1. The van der Waals surface area contributed by atoms with E-state index in [1.165, 1.54) is 6.07 Å². The van der Waals surface area contributed by atoms with Crippen LogP contribution in [0.5, 0.6) is 0 Å². The van der Waals surface area contributed by atoms with E-state index >= 15 is 0 Å². The summed E-state index contributed by atoms with van der Waals surface area (Å²) in [5, 5.41) is 16.7. The van der Waals surface area contributed by atoms with Gasteiger partial charge in [-0.05, 0) is 26.7 Å². The Morgan fingerprint density at radius 3 is 2.62 bits per heavy atom. The lowest BCUT2D eigenvalue weighted by Gasteiger charge is -2.25. The first-order valence-corrected chi connectivity index (χ1v) is 7.01. The average molecular weight is 294 g/mol. The summed E-state index contributed by atoms with van der Waals surface area (Å²) in [7, 11) is 0. The minimum absolute atomic E-state index is 0.194. The lowest BCUT2D eigenvalue weighted by Crippen LogP contribution is -2.43. The molecule has 21 heavy (non-hydrogen) atoms. The van der Waals surface area contributed by atoms with Crippen LogP contribution in [0.1, 0.15) is 50.9 Å². The van der Waals surface area contributed by atoms with Crippen LogP contribution in [0.15, 0.2) is 12.3 Å². The van der Waals surface area contributed by atoms with Gasteiger partial charge in [-0.25, -0.2) is 4.98 Å². The van der Waals surface area contributed by atoms with Gasteiger partial charge in [0.15, 0.2) is 0 Å². The van der Waals surface area contributed by atoms with Crippen LogP contribution in [0.3, 0.4) is 0 Å². The molecule has 1 amide bonds. The summed E-state index contributed by atoms with van der Waals surface area (Å²) in [4.78, 5) is 26.7. The molecular weight excluding hydrogens is 272 g/mol. The summed E-state index contributed by atoms with van der Waals surface area (Å²) < 4.78 is 0. The maximum atomic E-state index is 12.4. The SMILES string of the molecule is CCCNc1ncc([N+](=O)[O-])cc1C(=O)NC(C)(C)CC. The van der Waals surface area contributed by atoms with Gasteiger partial charge in [-0.15, -0.1) is 0 Å². The molecule has 0 spiro atoms. The quantitative estimate of drug-likeness (QED) is 0.595. The maximum absolute atomic E-state index is 12.4. The molecule has 1 aromatic rings. The molecule has 1 rings (SSSR count). The van der Waals surface area contributed by atoms with Crippen molar-refractivity contribution >= 4 is 17.4 Å². The van der Waals surface area contributed by atoms with E-state index in [1.807, 2.05) is 27.7 Å². The number of rotatable bonds is 7. The number of amides is 1. The highest BCUT2D eigenvalue weighted by molar-refractivity contribution is 5.99. The Morgan fingerprint density at radius 1 is 1.43 bits per heavy atom. The fourth-order valence-corrected chi connectivity index (χ4v) is 1.57. The lowest BCUT2D eigenvalue weighted by atomic mass is 10.0. The highest BCUT2D eigenvalue weighted by Crippen LogP contribution is 2.20. The van der Waals surface area contributed by atoms with Crippen LogP contribution in [0.25, 0.3) is 0 Å². The number of carbonyl (C=O) groups is 1. The van der Waals surface area contributed by atoms with E-state index in [9.17, 15) is 14.9 Å². The average Bonchev–Trinajstić information content (AvgIpc) is 2.44. The minimum Gasteiger partial charge on any atom is -0.369 e.